The Morgan fingerprint density at radius 2 is 1.75 bits per heavy atom. The molecular formula is C19H18N2O3. The van der Waals surface area contributed by atoms with Crippen molar-refractivity contribution in [2.45, 2.75) is 6.42 Å². The molecule has 3 rings (SSSR count). The van der Waals surface area contributed by atoms with Crippen LogP contribution in [0.2, 0.25) is 0 Å². The Morgan fingerprint density at radius 3 is 2.33 bits per heavy atom. The molecule has 1 N–H and O–H groups in total. The average molecular weight is 322 g/mol. The maximum Gasteiger partial charge on any atom is 0.335 e. The van der Waals surface area contributed by atoms with Crippen LogP contribution < -0.4 is 4.90 Å². The molecule has 2 aromatic carbocycles. The smallest absolute Gasteiger partial charge is 0.335 e. The summed E-state index contributed by atoms with van der Waals surface area (Å²) in [5.41, 5.74) is 3.29. The maximum absolute atomic E-state index is 10.9. The first-order valence-electron chi connectivity index (χ1n) is 7.57. The molecule has 0 aliphatic carbocycles. The first kappa shape index (κ1) is 15.8. The SMILES string of the molecule is CN(C)c1ccc(Cc2cnc(-c3ccc(C(=O)O)cc3)o2)cc1. The van der Waals surface area contributed by atoms with E-state index in [2.05, 4.69) is 34.1 Å². The molecule has 0 aliphatic rings. The van der Waals surface area contributed by atoms with Crippen LogP contribution in [0.3, 0.4) is 0 Å². The highest BCUT2D eigenvalue weighted by atomic mass is 16.4. The fraction of sp³-hybridized carbons (Fsp3) is 0.158. The quantitative estimate of drug-likeness (QED) is 0.776. The molecule has 0 radical (unpaired) electrons. The van der Waals surface area contributed by atoms with E-state index in [1.165, 1.54) is 0 Å². The van der Waals surface area contributed by atoms with Gasteiger partial charge in [0.1, 0.15) is 5.76 Å². The summed E-state index contributed by atoms with van der Waals surface area (Å²) in [5, 5.41) is 8.93. The van der Waals surface area contributed by atoms with Gasteiger partial charge in [-0.25, -0.2) is 9.78 Å². The first-order valence-corrected chi connectivity index (χ1v) is 7.57. The van der Waals surface area contributed by atoms with E-state index in [9.17, 15) is 4.79 Å². The van der Waals surface area contributed by atoms with Crippen LogP contribution in [0.5, 0.6) is 0 Å². The molecule has 0 amide bonds. The molecule has 0 unspecified atom stereocenters. The number of anilines is 1. The number of aromatic nitrogens is 1. The minimum absolute atomic E-state index is 0.242. The van der Waals surface area contributed by atoms with E-state index in [0.29, 0.717) is 12.3 Å². The predicted molar refractivity (Wildman–Crippen MR) is 92.5 cm³/mol. The van der Waals surface area contributed by atoms with Gasteiger partial charge in [0, 0.05) is 31.8 Å². The van der Waals surface area contributed by atoms with Crippen molar-refractivity contribution in [2.75, 3.05) is 19.0 Å². The Kier molecular flexibility index (Phi) is 4.33. The van der Waals surface area contributed by atoms with Gasteiger partial charge in [0.25, 0.3) is 0 Å². The number of hydrogen-bond acceptors (Lipinski definition) is 4. The minimum Gasteiger partial charge on any atom is -0.478 e. The summed E-state index contributed by atoms with van der Waals surface area (Å²) in [6.07, 6.45) is 2.37. The lowest BCUT2D eigenvalue weighted by Crippen LogP contribution is -2.08. The van der Waals surface area contributed by atoms with Crippen molar-refractivity contribution < 1.29 is 14.3 Å². The largest absolute Gasteiger partial charge is 0.478 e. The molecule has 0 aliphatic heterocycles. The molecule has 0 bridgehead atoms. The van der Waals surface area contributed by atoms with Gasteiger partial charge in [-0.2, -0.15) is 0 Å². The maximum atomic E-state index is 10.9. The van der Waals surface area contributed by atoms with Crippen LogP contribution in [0, 0.1) is 0 Å². The Hall–Kier alpha value is -3.08. The second kappa shape index (κ2) is 6.58. The van der Waals surface area contributed by atoms with Gasteiger partial charge in [0.15, 0.2) is 0 Å². The predicted octanol–water partition coefficient (Wildman–Crippen LogP) is 3.70. The van der Waals surface area contributed by atoms with Crippen LogP contribution in [-0.2, 0) is 6.42 Å². The number of nitrogens with zero attached hydrogens (tertiary/aromatic N) is 2. The zero-order chi connectivity index (χ0) is 17.1. The van der Waals surface area contributed by atoms with E-state index in [1.807, 2.05) is 14.1 Å². The molecule has 0 fully saturated rings. The molecule has 0 saturated carbocycles. The van der Waals surface area contributed by atoms with Crippen LogP contribution in [0.1, 0.15) is 21.7 Å². The van der Waals surface area contributed by atoms with Gasteiger partial charge in [0.05, 0.1) is 11.8 Å². The summed E-state index contributed by atoms with van der Waals surface area (Å²) < 4.78 is 5.78. The van der Waals surface area contributed by atoms with Crippen LogP contribution >= 0.6 is 0 Å². The summed E-state index contributed by atoms with van der Waals surface area (Å²) in [6.45, 7) is 0. The van der Waals surface area contributed by atoms with Crippen molar-refractivity contribution in [1.29, 1.82) is 0 Å². The van der Waals surface area contributed by atoms with E-state index >= 15 is 0 Å². The molecule has 0 spiro atoms. The standard InChI is InChI=1S/C19H18N2O3/c1-21(2)16-9-3-13(4-10-16)11-17-12-20-18(24-17)14-5-7-15(8-6-14)19(22)23/h3-10,12H,11H2,1-2H3,(H,22,23). The molecule has 5 nitrogen and oxygen atoms in total. The van der Waals surface area contributed by atoms with Gasteiger partial charge in [-0.1, -0.05) is 12.1 Å². The first-order chi connectivity index (χ1) is 11.5. The number of carbonyl (C=O) groups is 1. The molecule has 0 atom stereocenters. The van der Waals surface area contributed by atoms with Crippen LogP contribution in [0.15, 0.2) is 59.1 Å². The molecule has 3 aromatic rings. The van der Waals surface area contributed by atoms with Crippen molar-refractivity contribution in [3.63, 3.8) is 0 Å². The molecule has 24 heavy (non-hydrogen) atoms. The van der Waals surface area contributed by atoms with Gasteiger partial charge < -0.3 is 14.4 Å². The van der Waals surface area contributed by atoms with E-state index in [-0.39, 0.29) is 5.56 Å². The fourth-order valence-electron chi connectivity index (χ4n) is 2.39. The lowest BCUT2D eigenvalue weighted by atomic mass is 10.1. The lowest BCUT2D eigenvalue weighted by Gasteiger charge is -2.12. The van der Waals surface area contributed by atoms with Crippen LogP contribution in [-0.4, -0.2) is 30.2 Å². The summed E-state index contributed by atoms with van der Waals surface area (Å²) in [6, 6.07) is 14.8. The number of carboxylic acid groups (broad SMARTS) is 1. The van der Waals surface area contributed by atoms with Crippen molar-refractivity contribution in [3.05, 3.63) is 71.6 Å². The van der Waals surface area contributed by atoms with E-state index in [0.717, 1.165) is 22.6 Å². The van der Waals surface area contributed by atoms with Crippen LogP contribution in [0.4, 0.5) is 5.69 Å². The third-order valence-electron chi connectivity index (χ3n) is 3.76. The summed E-state index contributed by atoms with van der Waals surface area (Å²) in [4.78, 5) is 17.2. The Bertz CT molecular complexity index is 834. The van der Waals surface area contributed by atoms with Gasteiger partial charge in [-0.15, -0.1) is 0 Å². The van der Waals surface area contributed by atoms with Crippen LogP contribution in [0.25, 0.3) is 11.5 Å². The molecule has 1 heterocycles. The van der Waals surface area contributed by atoms with Gasteiger partial charge in [-0.3, -0.25) is 0 Å². The van der Waals surface area contributed by atoms with E-state index in [4.69, 9.17) is 9.52 Å². The molecule has 0 saturated heterocycles. The highest BCUT2D eigenvalue weighted by molar-refractivity contribution is 5.88. The van der Waals surface area contributed by atoms with Crippen molar-refractivity contribution in [3.8, 4) is 11.5 Å². The number of aromatic carboxylic acids is 1. The van der Waals surface area contributed by atoms with Gasteiger partial charge in [0.2, 0.25) is 5.89 Å². The second-order valence-electron chi connectivity index (χ2n) is 5.75. The van der Waals surface area contributed by atoms with Crippen molar-refractivity contribution in [1.82, 2.24) is 4.98 Å². The lowest BCUT2D eigenvalue weighted by molar-refractivity contribution is 0.0697. The number of rotatable bonds is 5. The number of hydrogen-bond donors (Lipinski definition) is 1. The Morgan fingerprint density at radius 1 is 1.08 bits per heavy atom. The third-order valence-corrected chi connectivity index (χ3v) is 3.76. The van der Waals surface area contributed by atoms with E-state index < -0.39 is 5.97 Å². The highest BCUT2D eigenvalue weighted by Crippen LogP contribution is 2.22. The molecule has 1 aromatic heterocycles. The summed E-state index contributed by atoms with van der Waals surface area (Å²) in [5.74, 6) is 0.313. The minimum atomic E-state index is -0.948. The second-order valence-corrected chi connectivity index (χ2v) is 5.75. The Balaban J connectivity index is 1.74. The topological polar surface area (TPSA) is 66.6 Å². The normalized spacial score (nSPS) is 10.6. The molecular weight excluding hydrogens is 304 g/mol. The zero-order valence-corrected chi connectivity index (χ0v) is 13.6. The number of oxazole rings is 1. The fourth-order valence-corrected chi connectivity index (χ4v) is 2.39. The summed E-state index contributed by atoms with van der Waals surface area (Å²) >= 11 is 0. The van der Waals surface area contributed by atoms with Crippen molar-refractivity contribution in [2.24, 2.45) is 0 Å². The highest BCUT2D eigenvalue weighted by Gasteiger charge is 2.09. The van der Waals surface area contributed by atoms with Crippen molar-refractivity contribution >= 4 is 11.7 Å². The zero-order valence-electron chi connectivity index (χ0n) is 13.6. The third kappa shape index (κ3) is 3.46. The van der Waals surface area contributed by atoms with Gasteiger partial charge in [-0.05, 0) is 42.0 Å². The summed E-state index contributed by atoms with van der Waals surface area (Å²) in [7, 11) is 4.01. The van der Waals surface area contributed by atoms with E-state index in [1.54, 1.807) is 30.5 Å². The molecule has 122 valence electrons. The number of carboxylic acids is 1. The monoisotopic (exact) mass is 322 g/mol. The molecule has 5 heteroatoms. The average Bonchev–Trinajstić information content (AvgIpc) is 3.04. The van der Waals surface area contributed by atoms with Gasteiger partial charge >= 0.3 is 5.97 Å². The Labute approximate surface area is 140 Å². The number of benzene rings is 2.